The van der Waals surface area contributed by atoms with Crippen molar-refractivity contribution in [2.24, 2.45) is 5.92 Å². The van der Waals surface area contributed by atoms with Gasteiger partial charge in [-0.3, -0.25) is 4.79 Å². The van der Waals surface area contributed by atoms with Crippen LogP contribution in [0.25, 0.3) is 0 Å². The van der Waals surface area contributed by atoms with E-state index in [0.717, 1.165) is 25.0 Å². The third-order valence-electron chi connectivity index (χ3n) is 3.33. The van der Waals surface area contributed by atoms with Crippen molar-refractivity contribution in [2.45, 2.75) is 24.7 Å². The molecule has 0 heterocycles. The van der Waals surface area contributed by atoms with Gasteiger partial charge in [0, 0.05) is 24.3 Å². The lowest BCUT2D eigenvalue weighted by molar-refractivity contribution is 0.0783. The summed E-state index contributed by atoms with van der Waals surface area (Å²) < 4.78 is 36.7. The first-order chi connectivity index (χ1) is 9.20. The number of carbonyl (C=O) groups excluding carboxylic acids is 1. The Labute approximate surface area is 121 Å². The molecule has 0 unspecified atom stereocenters. The molecular weight excluding hydrogens is 305 g/mol. The zero-order valence-corrected chi connectivity index (χ0v) is 12.8. The molecule has 2 rings (SSSR count). The number of rotatable bonds is 4. The second-order valence-electron chi connectivity index (χ2n) is 5.16. The number of carbonyl (C=O) groups is 1. The highest BCUT2D eigenvalue weighted by molar-refractivity contribution is 8.13. The van der Waals surface area contributed by atoms with Crippen LogP contribution >= 0.6 is 10.7 Å². The summed E-state index contributed by atoms with van der Waals surface area (Å²) in [4.78, 5) is 13.3. The Hall–Kier alpha value is -1.14. The average Bonchev–Trinajstić information content (AvgIpc) is 3.10. The van der Waals surface area contributed by atoms with Gasteiger partial charge in [-0.25, -0.2) is 12.8 Å². The number of halogens is 2. The minimum atomic E-state index is -4.01. The molecule has 4 nitrogen and oxygen atoms in total. The van der Waals surface area contributed by atoms with E-state index >= 15 is 0 Å². The monoisotopic (exact) mass is 319 g/mol. The Bertz CT molecular complexity index is 656. The van der Waals surface area contributed by atoms with Gasteiger partial charge in [0.1, 0.15) is 5.82 Å². The van der Waals surface area contributed by atoms with Gasteiger partial charge in [0.25, 0.3) is 15.0 Å². The van der Waals surface area contributed by atoms with E-state index in [0.29, 0.717) is 12.5 Å². The zero-order chi connectivity index (χ0) is 15.1. The molecule has 0 N–H and O–H groups in total. The van der Waals surface area contributed by atoms with Crippen LogP contribution in [0.4, 0.5) is 4.39 Å². The second kappa shape index (κ2) is 5.33. The fraction of sp³-hybridized carbons (Fsp3) is 0.462. The minimum absolute atomic E-state index is 0.180. The Balaban J connectivity index is 2.37. The van der Waals surface area contributed by atoms with E-state index in [1.165, 1.54) is 11.8 Å². The summed E-state index contributed by atoms with van der Waals surface area (Å²) in [6, 6.07) is 2.03. The van der Waals surface area contributed by atoms with Crippen LogP contribution in [-0.4, -0.2) is 32.8 Å². The van der Waals surface area contributed by atoms with Crippen LogP contribution in [-0.2, 0) is 9.05 Å². The van der Waals surface area contributed by atoms with Gasteiger partial charge in [-0.05, 0) is 43.4 Å². The third kappa shape index (κ3) is 3.30. The first-order valence-corrected chi connectivity index (χ1v) is 8.51. The average molecular weight is 320 g/mol. The van der Waals surface area contributed by atoms with Crippen molar-refractivity contribution in [1.82, 2.24) is 4.90 Å². The summed E-state index contributed by atoms with van der Waals surface area (Å²) in [6.07, 6.45) is 2.13. The molecule has 110 valence electrons. The number of hydrogen-bond acceptors (Lipinski definition) is 3. The smallest absolute Gasteiger partial charge is 0.261 e. The number of aryl methyl sites for hydroxylation is 1. The molecule has 7 heteroatoms. The van der Waals surface area contributed by atoms with Crippen LogP contribution in [0.5, 0.6) is 0 Å². The van der Waals surface area contributed by atoms with E-state index in [-0.39, 0.29) is 16.0 Å². The standard InChI is InChI=1S/C13H15ClFNO3S/c1-8-5-11(15)10(6-12(8)20(14,18)19)13(17)16(2)7-9-3-4-9/h5-6,9H,3-4,7H2,1-2H3. The van der Waals surface area contributed by atoms with Crippen molar-refractivity contribution in [3.63, 3.8) is 0 Å². The summed E-state index contributed by atoms with van der Waals surface area (Å²) in [5.41, 5.74) is -0.0862. The molecule has 1 saturated carbocycles. The lowest BCUT2D eigenvalue weighted by Gasteiger charge is -2.18. The quantitative estimate of drug-likeness (QED) is 0.801. The van der Waals surface area contributed by atoms with E-state index in [1.807, 2.05) is 0 Å². The maximum Gasteiger partial charge on any atom is 0.261 e. The normalized spacial score (nSPS) is 15.2. The molecule has 0 atom stereocenters. The van der Waals surface area contributed by atoms with E-state index in [1.54, 1.807) is 7.05 Å². The third-order valence-corrected chi connectivity index (χ3v) is 4.80. The Morgan fingerprint density at radius 1 is 1.45 bits per heavy atom. The highest BCUT2D eigenvalue weighted by Crippen LogP contribution is 2.30. The van der Waals surface area contributed by atoms with Crippen LogP contribution in [0.2, 0.25) is 0 Å². The molecule has 0 saturated heterocycles. The number of hydrogen-bond donors (Lipinski definition) is 0. The molecule has 1 aromatic carbocycles. The van der Waals surface area contributed by atoms with Crippen molar-refractivity contribution in [2.75, 3.05) is 13.6 Å². The molecule has 1 fully saturated rings. The Morgan fingerprint density at radius 2 is 2.05 bits per heavy atom. The van der Waals surface area contributed by atoms with Gasteiger partial charge in [-0.1, -0.05) is 0 Å². The van der Waals surface area contributed by atoms with Crippen LogP contribution in [0.3, 0.4) is 0 Å². The van der Waals surface area contributed by atoms with E-state index in [9.17, 15) is 17.6 Å². The lowest BCUT2D eigenvalue weighted by atomic mass is 10.1. The molecule has 0 radical (unpaired) electrons. The molecule has 0 aromatic heterocycles. The van der Waals surface area contributed by atoms with Crippen molar-refractivity contribution in [3.8, 4) is 0 Å². The van der Waals surface area contributed by atoms with Gasteiger partial charge in [-0.15, -0.1) is 0 Å². The summed E-state index contributed by atoms with van der Waals surface area (Å²) in [6.45, 7) is 1.98. The number of benzene rings is 1. The number of nitrogens with zero attached hydrogens (tertiary/aromatic N) is 1. The first kappa shape index (κ1) is 15.3. The van der Waals surface area contributed by atoms with Crippen LogP contribution in [0.15, 0.2) is 17.0 Å². The van der Waals surface area contributed by atoms with Gasteiger partial charge < -0.3 is 4.90 Å². The lowest BCUT2D eigenvalue weighted by Crippen LogP contribution is -2.29. The highest BCUT2D eigenvalue weighted by atomic mass is 35.7. The summed E-state index contributed by atoms with van der Waals surface area (Å²) >= 11 is 0. The van der Waals surface area contributed by atoms with Crippen molar-refractivity contribution >= 4 is 25.6 Å². The van der Waals surface area contributed by atoms with Gasteiger partial charge in [0.05, 0.1) is 10.5 Å². The molecule has 1 aromatic rings. The largest absolute Gasteiger partial charge is 0.341 e. The predicted molar refractivity (Wildman–Crippen MR) is 73.9 cm³/mol. The van der Waals surface area contributed by atoms with Crippen LogP contribution in [0, 0.1) is 18.7 Å². The fourth-order valence-corrected chi connectivity index (χ4v) is 3.26. The number of amides is 1. The first-order valence-electron chi connectivity index (χ1n) is 6.20. The predicted octanol–water partition coefficient (Wildman–Crippen LogP) is 2.54. The topological polar surface area (TPSA) is 54.5 Å². The fourth-order valence-electron chi connectivity index (χ4n) is 2.06. The van der Waals surface area contributed by atoms with Gasteiger partial charge in [0.2, 0.25) is 0 Å². The summed E-state index contributed by atoms with van der Waals surface area (Å²) in [7, 11) is 2.86. The second-order valence-corrected chi connectivity index (χ2v) is 7.70. The maximum atomic E-state index is 13.9. The maximum absolute atomic E-state index is 13.9. The molecule has 0 spiro atoms. The van der Waals surface area contributed by atoms with Crippen molar-refractivity contribution < 1.29 is 17.6 Å². The van der Waals surface area contributed by atoms with Gasteiger partial charge in [0.15, 0.2) is 0 Å². The van der Waals surface area contributed by atoms with Crippen molar-refractivity contribution in [3.05, 3.63) is 29.1 Å². The van der Waals surface area contributed by atoms with E-state index in [4.69, 9.17) is 10.7 Å². The molecule has 0 bridgehead atoms. The van der Waals surface area contributed by atoms with Crippen LogP contribution in [0.1, 0.15) is 28.8 Å². The molecule has 1 amide bonds. The Kier molecular flexibility index (Phi) is 4.07. The summed E-state index contributed by atoms with van der Waals surface area (Å²) in [5.74, 6) is -0.802. The van der Waals surface area contributed by atoms with Crippen LogP contribution < -0.4 is 0 Å². The Morgan fingerprint density at radius 3 is 2.55 bits per heavy atom. The van der Waals surface area contributed by atoms with E-state index in [2.05, 4.69) is 0 Å². The summed E-state index contributed by atoms with van der Waals surface area (Å²) in [5, 5.41) is 0. The zero-order valence-electron chi connectivity index (χ0n) is 11.2. The molecular formula is C13H15ClFNO3S. The minimum Gasteiger partial charge on any atom is -0.341 e. The molecule has 0 aliphatic heterocycles. The highest BCUT2D eigenvalue weighted by Gasteiger charge is 2.27. The van der Waals surface area contributed by atoms with Gasteiger partial charge >= 0.3 is 0 Å². The SMILES string of the molecule is Cc1cc(F)c(C(=O)N(C)CC2CC2)cc1S(=O)(=O)Cl. The van der Waals surface area contributed by atoms with E-state index < -0.39 is 20.8 Å². The van der Waals surface area contributed by atoms with Gasteiger partial charge in [-0.2, -0.15) is 0 Å². The molecule has 1 aliphatic carbocycles. The molecule has 1 aliphatic rings. The van der Waals surface area contributed by atoms with Crippen molar-refractivity contribution in [1.29, 1.82) is 0 Å². The molecule has 20 heavy (non-hydrogen) atoms.